The van der Waals surface area contributed by atoms with Crippen molar-refractivity contribution in [2.75, 3.05) is 5.32 Å². The van der Waals surface area contributed by atoms with Crippen LogP contribution in [0.4, 0.5) is 5.82 Å². The Morgan fingerprint density at radius 1 is 1.38 bits per heavy atom. The van der Waals surface area contributed by atoms with Gasteiger partial charge in [0.2, 0.25) is 0 Å². The Balaban J connectivity index is 2.00. The molecule has 0 bridgehead atoms. The van der Waals surface area contributed by atoms with Gasteiger partial charge in [0.1, 0.15) is 11.4 Å². The lowest BCUT2D eigenvalue weighted by Crippen LogP contribution is -2.49. The minimum absolute atomic E-state index is 0.414. The molecule has 0 amide bonds. The molecule has 0 aliphatic heterocycles. The Morgan fingerprint density at radius 3 is 2.95 bits per heavy atom. The second-order valence-corrected chi connectivity index (χ2v) is 6.09. The van der Waals surface area contributed by atoms with Crippen molar-refractivity contribution in [1.82, 2.24) is 4.98 Å². The summed E-state index contributed by atoms with van der Waals surface area (Å²) >= 11 is 0. The molecule has 3 rings (SSSR count). The van der Waals surface area contributed by atoms with Gasteiger partial charge in [-0.25, -0.2) is 9.78 Å². The van der Waals surface area contributed by atoms with Crippen LogP contribution < -0.4 is 5.32 Å². The zero-order valence-corrected chi connectivity index (χ0v) is 12.2. The highest BCUT2D eigenvalue weighted by molar-refractivity contribution is 5.94. The summed E-state index contributed by atoms with van der Waals surface area (Å²) in [5.74, 6) is 0.311. The van der Waals surface area contributed by atoms with Crippen LogP contribution in [0.15, 0.2) is 36.5 Å². The van der Waals surface area contributed by atoms with Gasteiger partial charge >= 0.3 is 5.97 Å². The number of aromatic nitrogens is 1. The number of fused-ring (bicyclic) bond motifs is 1. The molecule has 21 heavy (non-hydrogen) atoms. The van der Waals surface area contributed by atoms with Crippen molar-refractivity contribution in [3.05, 3.63) is 36.5 Å². The number of nitrogens with one attached hydrogen (secondary N) is 1. The second kappa shape index (κ2) is 5.35. The maximum absolute atomic E-state index is 11.9. The minimum atomic E-state index is -0.894. The maximum atomic E-state index is 11.9. The topological polar surface area (TPSA) is 62.2 Å². The van der Waals surface area contributed by atoms with Gasteiger partial charge in [0.05, 0.1) is 0 Å². The second-order valence-electron chi connectivity index (χ2n) is 6.09. The van der Waals surface area contributed by atoms with E-state index in [9.17, 15) is 9.90 Å². The van der Waals surface area contributed by atoms with E-state index in [0.29, 0.717) is 24.6 Å². The Kier molecular flexibility index (Phi) is 3.53. The van der Waals surface area contributed by atoms with Gasteiger partial charge in [-0.15, -0.1) is 0 Å². The number of hydrogen-bond acceptors (Lipinski definition) is 3. The number of carboxylic acids is 1. The Morgan fingerprint density at radius 2 is 2.19 bits per heavy atom. The van der Waals surface area contributed by atoms with Crippen molar-refractivity contribution in [2.45, 2.75) is 38.1 Å². The third-order valence-corrected chi connectivity index (χ3v) is 4.44. The summed E-state index contributed by atoms with van der Waals surface area (Å²) in [6.45, 7) is 2.12. The first kappa shape index (κ1) is 13.9. The first-order chi connectivity index (χ1) is 10.1. The molecule has 1 aromatic carbocycles. The molecule has 1 heterocycles. The van der Waals surface area contributed by atoms with E-state index < -0.39 is 11.5 Å². The predicted molar refractivity (Wildman–Crippen MR) is 83.4 cm³/mol. The van der Waals surface area contributed by atoms with E-state index in [1.54, 1.807) is 6.20 Å². The molecule has 1 aliphatic carbocycles. The van der Waals surface area contributed by atoms with Crippen molar-refractivity contribution >= 4 is 22.6 Å². The fraction of sp³-hybridized carbons (Fsp3) is 0.412. The van der Waals surface area contributed by atoms with Gasteiger partial charge in [0, 0.05) is 11.6 Å². The average molecular weight is 284 g/mol. The summed E-state index contributed by atoms with van der Waals surface area (Å²) in [4.78, 5) is 16.3. The van der Waals surface area contributed by atoms with Gasteiger partial charge in [-0.1, -0.05) is 44.0 Å². The van der Waals surface area contributed by atoms with Gasteiger partial charge in [-0.2, -0.15) is 0 Å². The quantitative estimate of drug-likeness (QED) is 0.902. The fourth-order valence-electron chi connectivity index (χ4n) is 3.36. The summed E-state index contributed by atoms with van der Waals surface area (Å²) in [5.41, 5.74) is -0.894. The van der Waals surface area contributed by atoms with Crippen LogP contribution in [0.3, 0.4) is 0 Å². The highest BCUT2D eigenvalue weighted by atomic mass is 16.4. The van der Waals surface area contributed by atoms with Gasteiger partial charge in [0.15, 0.2) is 0 Å². The van der Waals surface area contributed by atoms with Crippen molar-refractivity contribution in [3.63, 3.8) is 0 Å². The predicted octanol–water partition coefficient (Wildman–Crippen LogP) is 3.68. The molecule has 0 saturated heterocycles. The molecule has 4 heteroatoms. The number of benzene rings is 1. The lowest BCUT2D eigenvalue weighted by molar-refractivity contribution is -0.144. The van der Waals surface area contributed by atoms with E-state index in [2.05, 4.69) is 17.2 Å². The molecule has 2 atom stereocenters. The smallest absolute Gasteiger partial charge is 0.329 e. The first-order valence-electron chi connectivity index (χ1n) is 7.46. The average Bonchev–Trinajstić information content (AvgIpc) is 2.47. The maximum Gasteiger partial charge on any atom is 0.329 e. The number of carbonyl (C=O) groups is 1. The molecule has 1 fully saturated rings. The molecule has 2 N–H and O–H groups in total. The number of hydrogen-bond donors (Lipinski definition) is 2. The molecule has 1 aliphatic rings. The largest absolute Gasteiger partial charge is 0.480 e. The molecular weight excluding hydrogens is 264 g/mol. The van der Waals surface area contributed by atoms with Crippen molar-refractivity contribution in [3.8, 4) is 0 Å². The van der Waals surface area contributed by atoms with Crippen LogP contribution >= 0.6 is 0 Å². The SMILES string of the molecule is CC1CCCC(Nc2nccc3ccccc23)(C(=O)O)C1. The zero-order valence-electron chi connectivity index (χ0n) is 12.2. The van der Waals surface area contributed by atoms with Gasteiger partial charge in [-0.05, 0) is 30.2 Å². The number of aliphatic carboxylic acids is 1. The van der Waals surface area contributed by atoms with E-state index in [0.717, 1.165) is 23.6 Å². The number of pyridine rings is 1. The Bertz CT molecular complexity index is 665. The van der Waals surface area contributed by atoms with Crippen LogP contribution in [0, 0.1) is 5.92 Å². The molecule has 0 spiro atoms. The molecule has 2 unspecified atom stereocenters. The number of rotatable bonds is 3. The van der Waals surface area contributed by atoms with E-state index in [1.165, 1.54) is 0 Å². The summed E-state index contributed by atoms with van der Waals surface area (Å²) < 4.78 is 0. The van der Waals surface area contributed by atoms with Crippen molar-refractivity contribution in [1.29, 1.82) is 0 Å². The highest BCUT2D eigenvalue weighted by Crippen LogP contribution is 2.36. The summed E-state index contributed by atoms with van der Waals surface area (Å²) in [7, 11) is 0. The number of nitrogens with zero attached hydrogens (tertiary/aromatic N) is 1. The number of anilines is 1. The summed E-state index contributed by atoms with van der Waals surface area (Å²) in [6.07, 6.45) is 5.06. The zero-order chi connectivity index (χ0) is 14.9. The van der Waals surface area contributed by atoms with Crippen LogP contribution in [0.1, 0.15) is 32.6 Å². The molecule has 110 valence electrons. The monoisotopic (exact) mass is 284 g/mol. The van der Waals surface area contributed by atoms with E-state index >= 15 is 0 Å². The summed E-state index contributed by atoms with van der Waals surface area (Å²) in [6, 6.07) is 9.86. The van der Waals surface area contributed by atoms with Crippen LogP contribution in [-0.4, -0.2) is 21.6 Å². The lowest BCUT2D eigenvalue weighted by Gasteiger charge is -2.37. The van der Waals surface area contributed by atoms with Crippen LogP contribution in [0.25, 0.3) is 10.8 Å². The standard InChI is InChI=1S/C17H20N2O2/c1-12-5-4-9-17(11-12,16(20)21)19-15-14-7-3-2-6-13(14)8-10-18-15/h2-3,6-8,10,12H,4-5,9,11H2,1H3,(H,18,19)(H,20,21). The van der Waals surface area contributed by atoms with Crippen LogP contribution in [0.5, 0.6) is 0 Å². The van der Waals surface area contributed by atoms with Crippen molar-refractivity contribution < 1.29 is 9.90 Å². The Labute approximate surface area is 124 Å². The molecule has 2 aromatic rings. The third-order valence-electron chi connectivity index (χ3n) is 4.44. The van der Waals surface area contributed by atoms with Crippen molar-refractivity contribution in [2.24, 2.45) is 5.92 Å². The molecule has 0 radical (unpaired) electrons. The molecule has 1 aromatic heterocycles. The molecule has 4 nitrogen and oxygen atoms in total. The third kappa shape index (κ3) is 2.58. The van der Waals surface area contributed by atoms with E-state index in [1.807, 2.05) is 30.3 Å². The lowest BCUT2D eigenvalue weighted by atomic mass is 9.76. The summed E-state index contributed by atoms with van der Waals surface area (Å²) in [5, 5.41) is 15.0. The normalized spacial score (nSPS) is 25.7. The van der Waals surface area contributed by atoms with Gasteiger partial charge in [-0.3, -0.25) is 0 Å². The molecule has 1 saturated carbocycles. The van der Waals surface area contributed by atoms with E-state index in [-0.39, 0.29) is 0 Å². The van der Waals surface area contributed by atoms with Gasteiger partial charge < -0.3 is 10.4 Å². The highest BCUT2D eigenvalue weighted by Gasteiger charge is 2.42. The number of carboxylic acid groups (broad SMARTS) is 1. The first-order valence-corrected chi connectivity index (χ1v) is 7.46. The molecular formula is C17H20N2O2. The van der Waals surface area contributed by atoms with E-state index in [4.69, 9.17) is 0 Å². The van der Waals surface area contributed by atoms with Crippen LogP contribution in [-0.2, 0) is 4.79 Å². The Hall–Kier alpha value is -2.10. The van der Waals surface area contributed by atoms with Crippen LogP contribution in [0.2, 0.25) is 0 Å². The fourth-order valence-corrected chi connectivity index (χ4v) is 3.36. The van der Waals surface area contributed by atoms with Gasteiger partial charge in [0.25, 0.3) is 0 Å². The minimum Gasteiger partial charge on any atom is -0.480 e.